The minimum absolute atomic E-state index is 0.0820. The van der Waals surface area contributed by atoms with E-state index in [0.717, 1.165) is 25.7 Å². The van der Waals surface area contributed by atoms with Gasteiger partial charge in [-0.1, -0.05) is 41.9 Å². The van der Waals surface area contributed by atoms with Crippen molar-refractivity contribution in [1.29, 1.82) is 0 Å². The van der Waals surface area contributed by atoms with Crippen LogP contribution in [0.1, 0.15) is 60.9 Å². The number of carbonyl (C=O) groups is 1. The van der Waals surface area contributed by atoms with Crippen LogP contribution in [0, 0.1) is 0 Å². The molecule has 5 heteroatoms. The standard InChI is InChI=1S/C21H27N3O2/c25-20(17-15-22-26-16-17)23-19-9-11-21(12-10-19,18-7-3-1-4-8-18)24-13-5-2-6-14-24/h1,3-4,7-8,15-16,19H,2,5-6,9-14H2,(H,23,25). The average molecular weight is 353 g/mol. The summed E-state index contributed by atoms with van der Waals surface area (Å²) in [7, 11) is 0. The van der Waals surface area contributed by atoms with Crippen LogP contribution in [-0.4, -0.2) is 35.1 Å². The van der Waals surface area contributed by atoms with Crippen molar-refractivity contribution >= 4 is 5.91 Å². The summed E-state index contributed by atoms with van der Waals surface area (Å²) in [4.78, 5) is 15.0. The van der Waals surface area contributed by atoms with Gasteiger partial charge in [0.2, 0.25) is 0 Å². The Morgan fingerprint density at radius 2 is 1.85 bits per heavy atom. The molecule has 0 atom stereocenters. The van der Waals surface area contributed by atoms with Crippen LogP contribution in [0.4, 0.5) is 0 Å². The van der Waals surface area contributed by atoms with Gasteiger partial charge in [0, 0.05) is 11.6 Å². The fourth-order valence-electron chi connectivity index (χ4n) is 4.68. The number of piperidine rings is 1. The molecular formula is C21H27N3O2. The predicted molar refractivity (Wildman–Crippen MR) is 99.8 cm³/mol. The molecule has 2 heterocycles. The lowest BCUT2D eigenvalue weighted by Gasteiger charge is -2.50. The van der Waals surface area contributed by atoms with Crippen LogP contribution in [0.3, 0.4) is 0 Å². The number of hydrogen-bond donors (Lipinski definition) is 1. The van der Waals surface area contributed by atoms with Crippen molar-refractivity contribution in [3.8, 4) is 0 Å². The highest BCUT2D eigenvalue weighted by atomic mass is 16.5. The number of likely N-dealkylation sites (tertiary alicyclic amines) is 1. The number of aromatic nitrogens is 1. The van der Waals surface area contributed by atoms with Crippen molar-refractivity contribution in [2.45, 2.75) is 56.5 Å². The Labute approximate surface area is 154 Å². The Morgan fingerprint density at radius 3 is 2.50 bits per heavy atom. The van der Waals surface area contributed by atoms with Crippen LogP contribution in [0.5, 0.6) is 0 Å². The molecule has 1 N–H and O–H groups in total. The van der Waals surface area contributed by atoms with E-state index in [2.05, 4.69) is 45.7 Å². The molecule has 5 nitrogen and oxygen atoms in total. The Kier molecular flexibility index (Phi) is 5.07. The second-order valence-electron chi connectivity index (χ2n) is 7.61. The number of carbonyl (C=O) groups excluding carboxylic acids is 1. The Balaban J connectivity index is 1.48. The van der Waals surface area contributed by atoms with E-state index in [9.17, 15) is 4.79 Å². The van der Waals surface area contributed by atoms with E-state index in [1.165, 1.54) is 50.4 Å². The van der Waals surface area contributed by atoms with Gasteiger partial charge in [-0.3, -0.25) is 9.69 Å². The lowest BCUT2D eigenvalue weighted by atomic mass is 9.73. The lowest BCUT2D eigenvalue weighted by Crippen LogP contribution is -2.53. The van der Waals surface area contributed by atoms with Crippen molar-refractivity contribution in [2.75, 3.05) is 13.1 Å². The van der Waals surface area contributed by atoms with Gasteiger partial charge in [-0.25, -0.2) is 0 Å². The summed E-state index contributed by atoms with van der Waals surface area (Å²) in [5.74, 6) is -0.0820. The first-order chi connectivity index (χ1) is 12.8. The number of benzene rings is 1. The third kappa shape index (κ3) is 3.40. The van der Waals surface area contributed by atoms with Crippen molar-refractivity contribution in [2.24, 2.45) is 0 Å². The van der Waals surface area contributed by atoms with Crippen molar-refractivity contribution in [1.82, 2.24) is 15.4 Å². The molecule has 0 radical (unpaired) electrons. The molecular weight excluding hydrogens is 326 g/mol. The van der Waals surface area contributed by atoms with Gasteiger partial charge in [0.1, 0.15) is 6.26 Å². The largest absolute Gasteiger partial charge is 0.364 e. The van der Waals surface area contributed by atoms with Gasteiger partial charge >= 0.3 is 0 Å². The van der Waals surface area contributed by atoms with E-state index in [-0.39, 0.29) is 17.5 Å². The quantitative estimate of drug-likeness (QED) is 0.910. The van der Waals surface area contributed by atoms with E-state index in [1.807, 2.05) is 0 Å². The van der Waals surface area contributed by atoms with E-state index in [0.29, 0.717) is 5.56 Å². The van der Waals surface area contributed by atoms with Gasteiger partial charge in [-0.05, 0) is 57.2 Å². The number of nitrogens with zero attached hydrogens (tertiary/aromatic N) is 2. The van der Waals surface area contributed by atoms with Gasteiger partial charge in [-0.15, -0.1) is 0 Å². The highest BCUT2D eigenvalue weighted by Gasteiger charge is 2.42. The van der Waals surface area contributed by atoms with Crippen LogP contribution in [0.15, 0.2) is 47.3 Å². The molecule has 1 aliphatic heterocycles. The fraction of sp³-hybridized carbons (Fsp3) is 0.524. The maximum atomic E-state index is 12.3. The second kappa shape index (κ2) is 7.62. The molecule has 1 saturated heterocycles. The summed E-state index contributed by atoms with van der Waals surface area (Å²) in [5.41, 5.74) is 2.06. The first kappa shape index (κ1) is 17.3. The Morgan fingerprint density at radius 1 is 1.12 bits per heavy atom. The van der Waals surface area contributed by atoms with Crippen LogP contribution >= 0.6 is 0 Å². The van der Waals surface area contributed by atoms with Crippen LogP contribution in [0.25, 0.3) is 0 Å². The second-order valence-corrected chi connectivity index (χ2v) is 7.61. The van der Waals surface area contributed by atoms with Crippen molar-refractivity contribution in [3.63, 3.8) is 0 Å². The minimum Gasteiger partial charge on any atom is -0.364 e. The zero-order valence-corrected chi connectivity index (χ0v) is 15.2. The highest BCUT2D eigenvalue weighted by Crippen LogP contribution is 2.43. The number of amides is 1. The van der Waals surface area contributed by atoms with Crippen LogP contribution in [0.2, 0.25) is 0 Å². The van der Waals surface area contributed by atoms with Crippen molar-refractivity contribution in [3.05, 3.63) is 53.9 Å². The van der Waals surface area contributed by atoms with Gasteiger partial charge in [0.25, 0.3) is 5.91 Å². The molecule has 1 aromatic heterocycles. The number of hydrogen-bond acceptors (Lipinski definition) is 4. The normalized spacial score (nSPS) is 27.2. The molecule has 1 amide bonds. The summed E-state index contributed by atoms with van der Waals surface area (Å²) >= 11 is 0. The average Bonchev–Trinajstić information content (AvgIpc) is 3.25. The zero-order valence-electron chi connectivity index (χ0n) is 15.2. The van der Waals surface area contributed by atoms with E-state index in [4.69, 9.17) is 4.52 Å². The van der Waals surface area contributed by atoms with E-state index >= 15 is 0 Å². The third-order valence-electron chi connectivity index (χ3n) is 6.12. The SMILES string of the molecule is O=C(NC1CCC(c2ccccc2)(N2CCCCC2)CC1)c1cnoc1. The van der Waals surface area contributed by atoms with Gasteiger partial charge in [0.05, 0.1) is 11.8 Å². The smallest absolute Gasteiger partial charge is 0.256 e. The molecule has 1 aliphatic carbocycles. The molecule has 138 valence electrons. The monoisotopic (exact) mass is 353 g/mol. The molecule has 26 heavy (non-hydrogen) atoms. The van der Waals surface area contributed by atoms with Crippen molar-refractivity contribution < 1.29 is 9.32 Å². The van der Waals surface area contributed by atoms with Crippen LogP contribution in [-0.2, 0) is 5.54 Å². The predicted octanol–water partition coefficient (Wildman–Crippen LogP) is 3.73. The summed E-state index contributed by atoms with van der Waals surface area (Å²) < 4.78 is 4.78. The topological polar surface area (TPSA) is 58.4 Å². The number of rotatable bonds is 4. The first-order valence-corrected chi connectivity index (χ1v) is 9.79. The highest BCUT2D eigenvalue weighted by molar-refractivity contribution is 5.93. The molecule has 0 unspecified atom stereocenters. The molecule has 0 spiro atoms. The Hall–Kier alpha value is -2.14. The zero-order chi connectivity index (χ0) is 17.8. The Bertz CT molecular complexity index is 700. The maximum Gasteiger partial charge on any atom is 0.256 e. The maximum absolute atomic E-state index is 12.3. The third-order valence-corrected chi connectivity index (χ3v) is 6.12. The molecule has 2 fully saturated rings. The first-order valence-electron chi connectivity index (χ1n) is 9.79. The molecule has 0 bridgehead atoms. The van der Waals surface area contributed by atoms with E-state index in [1.54, 1.807) is 0 Å². The van der Waals surface area contributed by atoms with Crippen LogP contribution < -0.4 is 5.32 Å². The lowest BCUT2D eigenvalue weighted by molar-refractivity contribution is 0.0227. The molecule has 1 aromatic carbocycles. The molecule has 4 rings (SSSR count). The molecule has 1 saturated carbocycles. The van der Waals surface area contributed by atoms with E-state index < -0.39 is 0 Å². The fourth-order valence-corrected chi connectivity index (χ4v) is 4.68. The number of nitrogens with one attached hydrogen (secondary N) is 1. The summed E-state index contributed by atoms with van der Waals surface area (Å²) in [6.07, 6.45) is 11.0. The van der Waals surface area contributed by atoms with Gasteiger partial charge in [0.15, 0.2) is 0 Å². The molecule has 2 aliphatic rings. The summed E-state index contributed by atoms with van der Waals surface area (Å²) in [5, 5.41) is 6.77. The summed E-state index contributed by atoms with van der Waals surface area (Å²) in [6, 6.07) is 11.2. The minimum atomic E-state index is -0.0820. The molecule has 2 aromatic rings. The van der Waals surface area contributed by atoms with Gasteiger partial charge in [-0.2, -0.15) is 0 Å². The van der Waals surface area contributed by atoms with Gasteiger partial charge < -0.3 is 9.84 Å². The summed E-state index contributed by atoms with van der Waals surface area (Å²) in [6.45, 7) is 2.37.